The van der Waals surface area contributed by atoms with Gasteiger partial charge in [-0.3, -0.25) is 4.79 Å². The van der Waals surface area contributed by atoms with Crippen molar-refractivity contribution in [2.24, 2.45) is 0 Å². The van der Waals surface area contributed by atoms with E-state index in [0.29, 0.717) is 38.8 Å². The summed E-state index contributed by atoms with van der Waals surface area (Å²) in [7, 11) is 4.19. The topological polar surface area (TPSA) is 88.8 Å². The van der Waals surface area contributed by atoms with Gasteiger partial charge in [0.15, 0.2) is 0 Å². The Morgan fingerprint density at radius 2 is 1.95 bits per heavy atom. The number of anilines is 2. The molecule has 0 unspecified atom stereocenters. The first-order valence-electron chi connectivity index (χ1n) is 14.4. The number of carbonyl (C=O) groups excluding carboxylic acids is 1. The lowest BCUT2D eigenvalue weighted by atomic mass is 10.0. The lowest BCUT2D eigenvalue weighted by molar-refractivity contribution is -0.128. The van der Waals surface area contributed by atoms with Crippen LogP contribution in [0.2, 0.25) is 0 Å². The molecule has 3 heterocycles. The third-order valence-corrected chi connectivity index (χ3v) is 8.94. The van der Waals surface area contributed by atoms with Gasteiger partial charge in [0.25, 0.3) is 0 Å². The molecule has 6 rings (SSSR count). The predicted octanol–water partition coefficient (Wildman–Crippen LogP) is 3.78. The van der Waals surface area contributed by atoms with E-state index in [1.165, 1.54) is 22.5 Å². The van der Waals surface area contributed by atoms with Crippen molar-refractivity contribution in [2.75, 3.05) is 56.7 Å². The van der Waals surface area contributed by atoms with Gasteiger partial charge >= 0.3 is 6.01 Å². The number of fused-ring (bicyclic) bond motifs is 2. The molecule has 1 aliphatic carbocycles. The molecule has 41 heavy (non-hydrogen) atoms. The molecule has 1 amide bonds. The average molecular weight is 552 g/mol. The fraction of sp³-hybridized carbons (Fsp3) is 0.438. The van der Waals surface area contributed by atoms with Crippen LogP contribution in [0.15, 0.2) is 55.1 Å². The number of likely N-dealkylation sites (N-methyl/N-ethyl adjacent to an activating group) is 1. The normalized spacial score (nSPS) is 19.6. The van der Waals surface area contributed by atoms with Gasteiger partial charge in [0.1, 0.15) is 12.4 Å². The number of hydrogen-bond donors (Lipinski definition) is 0. The lowest BCUT2D eigenvalue weighted by Gasteiger charge is -2.42. The Morgan fingerprint density at radius 1 is 1.15 bits per heavy atom. The zero-order chi connectivity index (χ0) is 28.6. The van der Waals surface area contributed by atoms with Gasteiger partial charge < -0.3 is 24.3 Å². The van der Waals surface area contributed by atoms with Crippen LogP contribution < -0.4 is 14.5 Å². The monoisotopic (exact) mass is 551 g/mol. The van der Waals surface area contributed by atoms with Gasteiger partial charge in [0.05, 0.1) is 36.3 Å². The Morgan fingerprint density at radius 3 is 2.71 bits per heavy atom. The molecule has 1 saturated carbocycles. The van der Waals surface area contributed by atoms with Crippen LogP contribution in [0, 0.1) is 11.3 Å². The molecule has 1 saturated heterocycles. The number of nitrogens with zero attached hydrogens (tertiary/aromatic N) is 7. The highest BCUT2D eigenvalue weighted by atomic mass is 16.5. The minimum Gasteiger partial charge on any atom is -0.461 e. The number of nitriles is 1. The molecule has 2 fully saturated rings. The van der Waals surface area contributed by atoms with Crippen molar-refractivity contribution >= 4 is 28.2 Å². The second-order valence-electron chi connectivity index (χ2n) is 11.5. The Hall–Kier alpha value is -4.16. The molecule has 212 valence electrons. The van der Waals surface area contributed by atoms with Gasteiger partial charge in [-0.05, 0) is 50.9 Å². The van der Waals surface area contributed by atoms with E-state index in [1.54, 1.807) is 4.90 Å². The van der Waals surface area contributed by atoms with E-state index in [0.717, 1.165) is 42.9 Å². The third-order valence-electron chi connectivity index (χ3n) is 8.94. The van der Waals surface area contributed by atoms with Crippen LogP contribution in [0.3, 0.4) is 0 Å². The average Bonchev–Trinajstić information content (AvgIpc) is 3.80. The lowest BCUT2D eigenvalue weighted by Crippen LogP contribution is -2.55. The molecule has 0 radical (unpaired) electrons. The number of aromatic nitrogens is 2. The molecule has 9 heteroatoms. The predicted molar refractivity (Wildman–Crippen MR) is 160 cm³/mol. The summed E-state index contributed by atoms with van der Waals surface area (Å²) in [4.78, 5) is 31.1. The number of carbonyl (C=O) groups is 1. The second kappa shape index (κ2) is 11.0. The summed E-state index contributed by atoms with van der Waals surface area (Å²) in [6.45, 7) is 7.37. The minimum absolute atomic E-state index is 0.0446. The van der Waals surface area contributed by atoms with Gasteiger partial charge in [0.2, 0.25) is 5.91 Å². The summed E-state index contributed by atoms with van der Waals surface area (Å²) in [5.41, 5.74) is 3.34. The first-order chi connectivity index (χ1) is 19.9. The van der Waals surface area contributed by atoms with Gasteiger partial charge in [-0.2, -0.15) is 15.2 Å². The van der Waals surface area contributed by atoms with E-state index in [4.69, 9.17) is 14.7 Å². The van der Waals surface area contributed by atoms with Crippen molar-refractivity contribution in [3.8, 4) is 12.1 Å². The fourth-order valence-electron chi connectivity index (χ4n) is 6.20. The summed E-state index contributed by atoms with van der Waals surface area (Å²) in [6, 6.07) is 17.4. The highest BCUT2D eigenvalue weighted by molar-refractivity contribution is 5.94. The maximum atomic E-state index is 12.5. The zero-order valence-electron chi connectivity index (χ0n) is 23.9. The fourth-order valence-corrected chi connectivity index (χ4v) is 6.20. The number of ether oxygens (including phenoxy) is 1. The Kier molecular flexibility index (Phi) is 7.26. The van der Waals surface area contributed by atoms with Crippen LogP contribution in [0.4, 0.5) is 11.5 Å². The first-order valence-corrected chi connectivity index (χ1v) is 14.4. The van der Waals surface area contributed by atoms with E-state index in [2.05, 4.69) is 83.9 Å². The molecule has 9 nitrogen and oxygen atoms in total. The smallest absolute Gasteiger partial charge is 0.318 e. The largest absolute Gasteiger partial charge is 0.461 e. The molecule has 2 aromatic carbocycles. The SMILES string of the molecule is C=CC(=O)N1CCN(c2nc(OCC3(N(C)C)CC3)nc3c2CCN(c2cccc4ccccc24)C3)C[C@@H]1CC#N. The number of rotatable bonds is 8. The van der Waals surface area contributed by atoms with Crippen molar-refractivity contribution in [1.82, 2.24) is 19.8 Å². The van der Waals surface area contributed by atoms with Crippen LogP contribution in [-0.4, -0.2) is 84.1 Å². The van der Waals surface area contributed by atoms with Crippen molar-refractivity contribution in [1.29, 1.82) is 5.26 Å². The summed E-state index contributed by atoms with van der Waals surface area (Å²) >= 11 is 0. The second-order valence-corrected chi connectivity index (χ2v) is 11.5. The molecular formula is C32H37N7O2. The van der Waals surface area contributed by atoms with E-state index in [9.17, 15) is 10.1 Å². The van der Waals surface area contributed by atoms with E-state index < -0.39 is 0 Å². The van der Waals surface area contributed by atoms with Crippen molar-refractivity contribution in [2.45, 2.75) is 43.8 Å². The summed E-state index contributed by atoms with van der Waals surface area (Å²) in [5.74, 6) is 0.730. The highest BCUT2D eigenvalue weighted by Gasteiger charge is 2.46. The summed E-state index contributed by atoms with van der Waals surface area (Å²) in [5, 5.41) is 12.0. The standard InChI is InChI=1S/C32H37N7O2/c1-4-29(40)39-19-18-38(20-24(39)12-16-33)30-26-13-17-37(28-11-7-9-23-8-5-6-10-25(23)28)21-27(26)34-31(35-30)41-22-32(14-15-32)36(2)3/h4-11,24H,1,12-15,17-22H2,2-3H3/t24-/m0/s1. The summed E-state index contributed by atoms with van der Waals surface area (Å²) < 4.78 is 6.32. The van der Waals surface area contributed by atoms with E-state index >= 15 is 0 Å². The van der Waals surface area contributed by atoms with Crippen LogP contribution in [0.1, 0.15) is 30.5 Å². The van der Waals surface area contributed by atoms with E-state index in [-0.39, 0.29) is 23.9 Å². The van der Waals surface area contributed by atoms with Crippen molar-refractivity contribution in [3.05, 3.63) is 66.4 Å². The molecule has 3 aromatic rings. The third kappa shape index (κ3) is 5.20. The van der Waals surface area contributed by atoms with E-state index in [1.807, 2.05) is 0 Å². The Balaban J connectivity index is 1.34. The zero-order valence-corrected chi connectivity index (χ0v) is 23.9. The van der Waals surface area contributed by atoms with Crippen molar-refractivity contribution in [3.63, 3.8) is 0 Å². The number of piperazine rings is 1. The number of amides is 1. The molecule has 1 atom stereocenters. The molecule has 0 N–H and O–H groups in total. The quantitative estimate of drug-likeness (QED) is 0.391. The van der Waals surface area contributed by atoms with Crippen LogP contribution in [-0.2, 0) is 17.8 Å². The highest BCUT2D eigenvalue weighted by Crippen LogP contribution is 2.41. The van der Waals surface area contributed by atoms with Gasteiger partial charge in [0, 0.05) is 42.8 Å². The van der Waals surface area contributed by atoms with Gasteiger partial charge in [-0.25, -0.2) is 0 Å². The molecule has 0 bridgehead atoms. The molecule has 2 aliphatic heterocycles. The molecular weight excluding hydrogens is 514 g/mol. The van der Waals surface area contributed by atoms with Crippen LogP contribution in [0.25, 0.3) is 10.8 Å². The van der Waals surface area contributed by atoms with Gasteiger partial charge in [-0.15, -0.1) is 0 Å². The van der Waals surface area contributed by atoms with Crippen molar-refractivity contribution < 1.29 is 9.53 Å². The maximum Gasteiger partial charge on any atom is 0.318 e. The molecule has 0 spiro atoms. The summed E-state index contributed by atoms with van der Waals surface area (Å²) in [6.07, 6.45) is 4.58. The Bertz CT molecular complexity index is 1500. The minimum atomic E-state index is -0.228. The Labute approximate surface area is 241 Å². The first kappa shape index (κ1) is 27.0. The van der Waals surface area contributed by atoms with Gasteiger partial charge in [-0.1, -0.05) is 43.0 Å². The molecule has 3 aliphatic rings. The molecule has 1 aromatic heterocycles. The van der Waals surface area contributed by atoms with Crippen LogP contribution in [0.5, 0.6) is 6.01 Å². The number of benzene rings is 2. The number of hydrogen-bond acceptors (Lipinski definition) is 8. The maximum absolute atomic E-state index is 12.5. The van der Waals surface area contributed by atoms with Crippen LogP contribution >= 0.6 is 0 Å².